The number of hydrogen-bond acceptors (Lipinski definition) is 5. The molecule has 5 heteroatoms. The molecule has 0 fully saturated rings. The van der Waals surface area contributed by atoms with Crippen LogP contribution in [-0.2, 0) is 14.9 Å². The van der Waals surface area contributed by atoms with E-state index in [0.717, 1.165) is 49.4 Å². The van der Waals surface area contributed by atoms with Gasteiger partial charge in [-0.2, -0.15) is 0 Å². The van der Waals surface area contributed by atoms with Crippen LogP contribution in [0.5, 0.6) is 11.5 Å². The molecule has 0 amide bonds. The highest BCUT2D eigenvalue weighted by Crippen LogP contribution is 2.52. The van der Waals surface area contributed by atoms with Gasteiger partial charge in [0.25, 0.3) is 0 Å². The number of allylic oxidation sites excluding steroid dienone is 1. The van der Waals surface area contributed by atoms with E-state index in [0.29, 0.717) is 5.92 Å². The Labute approximate surface area is 196 Å². The van der Waals surface area contributed by atoms with Crippen molar-refractivity contribution in [1.82, 2.24) is 0 Å². The molecule has 2 aromatic rings. The van der Waals surface area contributed by atoms with Gasteiger partial charge in [0, 0.05) is 22.1 Å². The molecule has 1 aliphatic heterocycles. The number of rotatable bonds is 10. The lowest BCUT2D eigenvalue weighted by molar-refractivity contribution is -0.134. The number of hydrogen-bond donors (Lipinski definition) is 0. The van der Waals surface area contributed by atoms with Crippen molar-refractivity contribution in [2.24, 2.45) is 0 Å². The zero-order valence-corrected chi connectivity index (χ0v) is 20.4. The number of unbranched alkanes of at least 4 members (excludes halogenated alkanes) is 3. The summed E-state index contributed by atoms with van der Waals surface area (Å²) in [7, 11) is 4.84. The summed E-state index contributed by atoms with van der Waals surface area (Å²) in [4.78, 5) is 12.5. The Morgan fingerprint density at radius 1 is 1.03 bits per heavy atom. The Balaban J connectivity index is 1.75. The summed E-state index contributed by atoms with van der Waals surface area (Å²) in [6.45, 7) is 2.40. The molecule has 172 valence electrons. The summed E-state index contributed by atoms with van der Waals surface area (Å²) in [5.74, 6) is 2.99. The van der Waals surface area contributed by atoms with Crippen LogP contribution in [0.4, 0.5) is 0 Å². The fraction of sp³-hybridized carbons (Fsp3) is 0.444. The summed E-state index contributed by atoms with van der Waals surface area (Å²) < 4.78 is 15.5. The maximum Gasteiger partial charge on any atom is 0.330 e. The Kier molecular flexibility index (Phi) is 8.68. The molecule has 2 atom stereocenters. The van der Waals surface area contributed by atoms with Crippen LogP contribution in [0.3, 0.4) is 0 Å². The Bertz CT molecular complexity index is 922. The van der Waals surface area contributed by atoms with Gasteiger partial charge in [-0.25, -0.2) is 4.79 Å². The van der Waals surface area contributed by atoms with Crippen LogP contribution in [0.15, 0.2) is 59.5 Å². The average Bonchev–Trinajstić information content (AvgIpc) is 2.84. The fourth-order valence-corrected chi connectivity index (χ4v) is 5.89. The molecule has 2 unspecified atom stereocenters. The molecule has 1 aliphatic rings. The molecule has 2 aromatic carbocycles. The molecule has 0 N–H and O–H groups in total. The maximum absolute atomic E-state index is 11.2. The van der Waals surface area contributed by atoms with E-state index in [-0.39, 0.29) is 11.4 Å². The van der Waals surface area contributed by atoms with E-state index in [4.69, 9.17) is 9.47 Å². The first kappa shape index (κ1) is 24.2. The standard InChI is InChI=1S/C27H34O4S/c1-27(20-12-14-21(29-2)15-13-20)19-32-25-18-22(30-3)16-17-23(25)24(27)10-8-6-5-7-9-11-26(28)31-4/h9,11-18,24H,5-8,10,19H2,1-4H3. The number of carbonyl (C=O) groups excluding carboxylic acids is 1. The number of esters is 1. The number of benzene rings is 2. The highest BCUT2D eigenvalue weighted by molar-refractivity contribution is 7.99. The van der Waals surface area contributed by atoms with Crippen LogP contribution in [0.25, 0.3) is 0 Å². The van der Waals surface area contributed by atoms with Gasteiger partial charge in [0.05, 0.1) is 21.3 Å². The van der Waals surface area contributed by atoms with E-state index in [1.54, 1.807) is 14.2 Å². The first-order valence-electron chi connectivity index (χ1n) is 11.2. The van der Waals surface area contributed by atoms with Crippen molar-refractivity contribution in [3.05, 3.63) is 65.7 Å². The van der Waals surface area contributed by atoms with E-state index >= 15 is 0 Å². The predicted octanol–water partition coefficient (Wildman–Crippen LogP) is 6.53. The summed E-state index contributed by atoms with van der Waals surface area (Å²) in [5, 5.41) is 0. The third-order valence-electron chi connectivity index (χ3n) is 6.46. The number of ether oxygens (including phenoxy) is 3. The largest absolute Gasteiger partial charge is 0.497 e. The van der Waals surface area contributed by atoms with Crippen molar-refractivity contribution in [2.75, 3.05) is 27.1 Å². The minimum atomic E-state index is -0.285. The van der Waals surface area contributed by atoms with Crippen molar-refractivity contribution in [3.8, 4) is 11.5 Å². The van der Waals surface area contributed by atoms with Crippen molar-refractivity contribution in [1.29, 1.82) is 0 Å². The van der Waals surface area contributed by atoms with E-state index in [1.807, 2.05) is 17.8 Å². The van der Waals surface area contributed by atoms with Crippen molar-refractivity contribution in [3.63, 3.8) is 0 Å². The topological polar surface area (TPSA) is 44.8 Å². The van der Waals surface area contributed by atoms with Gasteiger partial charge in [0.15, 0.2) is 0 Å². The lowest BCUT2D eigenvalue weighted by atomic mass is 9.68. The Morgan fingerprint density at radius 3 is 2.44 bits per heavy atom. The lowest BCUT2D eigenvalue weighted by Gasteiger charge is -2.43. The van der Waals surface area contributed by atoms with Gasteiger partial charge >= 0.3 is 5.97 Å². The summed E-state index contributed by atoms with van der Waals surface area (Å²) in [6, 6.07) is 15.1. The second-order valence-electron chi connectivity index (χ2n) is 8.45. The van der Waals surface area contributed by atoms with Gasteiger partial charge in [-0.15, -0.1) is 11.8 Å². The Morgan fingerprint density at radius 2 is 1.75 bits per heavy atom. The van der Waals surface area contributed by atoms with Crippen LogP contribution in [-0.4, -0.2) is 33.1 Å². The van der Waals surface area contributed by atoms with E-state index < -0.39 is 0 Å². The van der Waals surface area contributed by atoms with E-state index in [2.05, 4.69) is 54.1 Å². The highest BCUT2D eigenvalue weighted by Gasteiger charge is 2.41. The first-order valence-corrected chi connectivity index (χ1v) is 12.2. The molecular weight excluding hydrogens is 420 g/mol. The van der Waals surface area contributed by atoms with Crippen LogP contribution < -0.4 is 9.47 Å². The van der Waals surface area contributed by atoms with Crippen LogP contribution in [0, 0.1) is 0 Å². The predicted molar refractivity (Wildman–Crippen MR) is 131 cm³/mol. The molecule has 0 saturated carbocycles. The minimum Gasteiger partial charge on any atom is -0.497 e. The molecule has 0 bridgehead atoms. The molecular formula is C27H34O4S. The third kappa shape index (κ3) is 5.69. The number of fused-ring (bicyclic) bond motifs is 1. The highest BCUT2D eigenvalue weighted by atomic mass is 32.2. The maximum atomic E-state index is 11.2. The SMILES string of the molecule is COC(=O)C=CCCCCCC1c2ccc(OC)cc2SCC1(C)c1ccc(OC)cc1. The first-order chi connectivity index (χ1) is 15.5. The Hall–Kier alpha value is -2.40. The van der Waals surface area contributed by atoms with Gasteiger partial charge in [0.1, 0.15) is 11.5 Å². The van der Waals surface area contributed by atoms with Crippen LogP contribution in [0.1, 0.15) is 56.1 Å². The lowest BCUT2D eigenvalue weighted by Crippen LogP contribution is -2.36. The van der Waals surface area contributed by atoms with Gasteiger partial charge in [-0.05, 0) is 60.6 Å². The van der Waals surface area contributed by atoms with Gasteiger partial charge in [0.2, 0.25) is 0 Å². The number of methoxy groups -OCH3 is 3. The average molecular weight is 455 g/mol. The second-order valence-corrected chi connectivity index (χ2v) is 9.47. The number of thioether (sulfide) groups is 1. The normalized spacial score (nSPS) is 20.1. The van der Waals surface area contributed by atoms with Crippen LogP contribution in [0.2, 0.25) is 0 Å². The molecule has 4 nitrogen and oxygen atoms in total. The van der Waals surface area contributed by atoms with E-state index in [9.17, 15) is 4.79 Å². The molecule has 1 heterocycles. The summed E-state index contributed by atoms with van der Waals surface area (Å²) in [5.41, 5.74) is 2.83. The van der Waals surface area contributed by atoms with Gasteiger partial charge in [-0.1, -0.05) is 44.0 Å². The van der Waals surface area contributed by atoms with Crippen LogP contribution >= 0.6 is 11.8 Å². The molecule has 0 aliphatic carbocycles. The summed E-state index contributed by atoms with van der Waals surface area (Å²) >= 11 is 1.92. The zero-order chi connectivity index (χ0) is 23.0. The van der Waals surface area contributed by atoms with E-state index in [1.165, 1.54) is 29.2 Å². The molecule has 0 radical (unpaired) electrons. The molecule has 0 aromatic heterocycles. The number of carbonyl (C=O) groups is 1. The molecule has 3 rings (SSSR count). The smallest absolute Gasteiger partial charge is 0.330 e. The molecule has 0 saturated heterocycles. The minimum absolute atomic E-state index is 0.0450. The van der Waals surface area contributed by atoms with Crippen molar-refractivity contribution in [2.45, 2.75) is 55.3 Å². The summed E-state index contributed by atoms with van der Waals surface area (Å²) in [6.07, 6.45) is 8.82. The van der Waals surface area contributed by atoms with Gasteiger partial charge < -0.3 is 14.2 Å². The molecule has 32 heavy (non-hydrogen) atoms. The second kappa shape index (κ2) is 11.5. The van der Waals surface area contributed by atoms with Gasteiger partial charge in [-0.3, -0.25) is 0 Å². The van der Waals surface area contributed by atoms with Crippen molar-refractivity contribution < 1.29 is 19.0 Å². The quantitative estimate of drug-likeness (QED) is 0.232. The van der Waals surface area contributed by atoms with Crippen molar-refractivity contribution >= 4 is 17.7 Å². The fourth-order valence-electron chi connectivity index (χ4n) is 4.49. The third-order valence-corrected chi connectivity index (χ3v) is 7.87. The monoisotopic (exact) mass is 454 g/mol. The molecule has 0 spiro atoms. The zero-order valence-electron chi connectivity index (χ0n) is 19.6.